The third-order valence-electron chi connectivity index (χ3n) is 2.42. The number of furan rings is 1. The molecule has 18 heavy (non-hydrogen) atoms. The lowest BCUT2D eigenvalue weighted by molar-refractivity contribution is 0.0660. The third-order valence-corrected chi connectivity index (χ3v) is 2.71. The van der Waals surface area contributed by atoms with Crippen molar-refractivity contribution >= 4 is 23.3 Å². The molecule has 0 radical (unpaired) electrons. The highest BCUT2D eigenvalue weighted by Crippen LogP contribution is 2.23. The van der Waals surface area contributed by atoms with Gasteiger partial charge in [-0.05, 0) is 30.7 Å². The van der Waals surface area contributed by atoms with Gasteiger partial charge in [0, 0.05) is 6.20 Å². The third kappa shape index (κ3) is 2.62. The van der Waals surface area contributed by atoms with Gasteiger partial charge in [-0.25, -0.2) is 9.78 Å². The second-order valence-corrected chi connectivity index (χ2v) is 4.08. The van der Waals surface area contributed by atoms with Crippen molar-refractivity contribution in [3.8, 4) is 0 Å². The van der Waals surface area contributed by atoms with Crippen LogP contribution in [0.25, 0.3) is 0 Å². The number of nitrogens with one attached hydrogen (secondary N) is 1. The van der Waals surface area contributed by atoms with Crippen LogP contribution < -0.4 is 5.32 Å². The zero-order valence-electron chi connectivity index (χ0n) is 9.61. The number of rotatable bonds is 4. The minimum absolute atomic E-state index is 0.0826. The number of carboxylic acids is 1. The van der Waals surface area contributed by atoms with Gasteiger partial charge in [-0.1, -0.05) is 11.6 Å². The molecule has 2 aromatic heterocycles. The van der Waals surface area contributed by atoms with Gasteiger partial charge in [0.15, 0.2) is 5.15 Å². The topological polar surface area (TPSA) is 75.4 Å². The Labute approximate surface area is 108 Å². The number of halogens is 1. The zero-order valence-corrected chi connectivity index (χ0v) is 10.4. The van der Waals surface area contributed by atoms with Crippen molar-refractivity contribution in [2.45, 2.75) is 13.5 Å². The van der Waals surface area contributed by atoms with Crippen molar-refractivity contribution in [3.63, 3.8) is 0 Å². The Morgan fingerprint density at radius 2 is 2.28 bits per heavy atom. The molecular formula is C12H11ClN2O3. The SMILES string of the molecule is Cc1ccnc(Cl)c1NCc1ccc(C(=O)O)o1. The summed E-state index contributed by atoms with van der Waals surface area (Å²) in [7, 11) is 0. The quantitative estimate of drug-likeness (QED) is 0.832. The molecule has 2 heterocycles. The smallest absolute Gasteiger partial charge is 0.371 e. The number of aromatic carboxylic acids is 1. The Kier molecular flexibility index (Phi) is 3.53. The first-order chi connectivity index (χ1) is 8.58. The van der Waals surface area contributed by atoms with Crippen LogP contribution in [0.15, 0.2) is 28.8 Å². The maximum absolute atomic E-state index is 10.7. The lowest BCUT2D eigenvalue weighted by Crippen LogP contribution is -2.01. The van der Waals surface area contributed by atoms with Gasteiger partial charge < -0.3 is 14.8 Å². The monoisotopic (exact) mass is 266 g/mol. The fourth-order valence-corrected chi connectivity index (χ4v) is 1.77. The lowest BCUT2D eigenvalue weighted by atomic mass is 10.2. The molecule has 0 aliphatic heterocycles. The van der Waals surface area contributed by atoms with Gasteiger partial charge in [0.2, 0.25) is 5.76 Å². The average Bonchev–Trinajstić information content (AvgIpc) is 2.77. The molecule has 0 aliphatic rings. The molecule has 0 atom stereocenters. The number of nitrogens with zero attached hydrogens (tertiary/aromatic N) is 1. The zero-order chi connectivity index (χ0) is 13.1. The highest BCUT2D eigenvalue weighted by atomic mass is 35.5. The second-order valence-electron chi connectivity index (χ2n) is 3.72. The van der Waals surface area contributed by atoms with Gasteiger partial charge in [-0.15, -0.1) is 0 Å². The van der Waals surface area contributed by atoms with E-state index in [9.17, 15) is 4.79 Å². The van der Waals surface area contributed by atoms with Crippen LogP contribution in [-0.4, -0.2) is 16.1 Å². The standard InChI is InChI=1S/C12H11ClN2O3/c1-7-4-5-14-11(13)10(7)15-6-8-2-3-9(18-8)12(16)17/h2-5,15H,6H2,1H3,(H,16,17). The van der Waals surface area contributed by atoms with Gasteiger partial charge in [0.1, 0.15) is 5.76 Å². The van der Waals surface area contributed by atoms with Gasteiger partial charge in [0.25, 0.3) is 0 Å². The number of carboxylic acid groups (broad SMARTS) is 1. The van der Waals surface area contributed by atoms with Gasteiger partial charge in [0.05, 0.1) is 12.2 Å². The fraction of sp³-hybridized carbons (Fsp3) is 0.167. The van der Waals surface area contributed by atoms with Crippen LogP contribution in [-0.2, 0) is 6.54 Å². The molecular weight excluding hydrogens is 256 g/mol. The van der Waals surface area contributed by atoms with Crippen molar-refractivity contribution in [2.24, 2.45) is 0 Å². The Hall–Kier alpha value is -2.01. The van der Waals surface area contributed by atoms with Crippen LogP contribution in [0.4, 0.5) is 5.69 Å². The first-order valence-electron chi connectivity index (χ1n) is 5.25. The Morgan fingerprint density at radius 1 is 1.50 bits per heavy atom. The summed E-state index contributed by atoms with van der Waals surface area (Å²) in [6, 6.07) is 4.85. The molecule has 94 valence electrons. The molecule has 2 rings (SSSR count). The van der Waals surface area contributed by atoms with Crippen LogP contribution in [0.2, 0.25) is 5.15 Å². The Balaban J connectivity index is 2.09. The van der Waals surface area contributed by atoms with Gasteiger partial charge in [-0.2, -0.15) is 0 Å². The second kappa shape index (κ2) is 5.10. The number of carbonyl (C=O) groups is 1. The van der Waals surface area contributed by atoms with E-state index in [1.54, 1.807) is 12.3 Å². The predicted octanol–water partition coefficient (Wildman–Crippen LogP) is 2.95. The number of anilines is 1. The van der Waals surface area contributed by atoms with Crippen LogP contribution in [0, 0.1) is 6.92 Å². The average molecular weight is 267 g/mol. The maximum Gasteiger partial charge on any atom is 0.371 e. The van der Waals surface area contributed by atoms with Crippen molar-refractivity contribution in [1.82, 2.24) is 4.98 Å². The lowest BCUT2D eigenvalue weighted by Gasteiger charge is -2.08. The molecule has 6 heteroatoms. The van der Waals surface area contributed by atoms with Crippen LogP contribution >= 0.6 is 11.6 Å². The summed E-state index contributed by atoms with van der Waals surface area (Å²) in [5.74, 6) is -0.649. The summed E-state index contributed by atoms with van der Waals surface area (Å²) >= 11 is 5.95. The number of hydrogen-bond acceptors (Lipinski definition) is 4. The molecule has 2 aromatic rings. The molecule has 5 nitrogen and oxygen atoms in total. The highest BCUT2D eigenvalue weighted by molar-refractivity contribution is 6.32. The number of aryl methyl sites for hydroxylation is 1. The van der Waals surface area contributed by atoms with Gasteiger partial charge in [-0.3, -0.25) is 0 Å². The summed E-state index contributed by atoms with van der Waals surface area (Å²) in [5, 5.41) is 12.2. The van der Waals surface area contributed by atoms with E-state index in [1.165, 1.54) is 6.07 Å². The minimum atomic E-state index is -1.09. The normalized spacial score (nSPS) is 10.3. The van der Waals surface area contributed by atoms with E-state index in [0.717, 1.165) is 5.56 Å². The molecule has 0 spiro atoms. The number of hydrogen-bond donors (Lipinski definition) is 2. The van der Waals surface area contributed by atoms with Crippen LogP contribution in [0.5, 0.6) is 0 Å². The largest absolute Gasteiger partial charge is 0.475 e. The minimum Gasteiger partial charge on any atom is -0.475 e. The van der Waals surface area contributed by atoms with Crippen molar-refractivity contribution in [3.05, 3.63) is 46.6 Å². The summed E-state index contributed by atoms with van der Waals surface area (Å²) < 4.78 is 5.12. The number of pyridine rings is 1. The highest BCUT2D eigenvalue weighted by Gasteiger charge is 2.10. The fourth-order valence-electron chi connectivity index (χ4n) is 1.50. The molecule has 0 fully saturated rings. The molecule has 0 saturated carbocycles. The Morgan fingerprint density at radius 3 is 2.89 bits per heavy atom. The molecule has 0 bridgehead atoms. The van der Waals surface area contributed by atoms with E-state index < -0.39 is 5.97 Å². The van der Waals surface area contributed by atoms with Crippen LogP contribution in [0.1, 0.15) is 21.9 Å². The summed E-state index contributed by atoms with van der Waals surface area (Å²) in [4.78, 5) is 14.6. The molecule has 0 unspecified atom stereocenters. The number of aromatic nitrogens is 1. The van der Waals surface area contributed by atoms with E-state index in [4.69, 9.17) is 21.1 Å². The van der Waals surface area contributed by atoms with E-state index >= 15 is 0 Å². The Bertz CT molecular complexity index is 560. The van der Waals surface area contributed by atoms with Crippen molar-refractivity contribution in [2.75, 3.05) is 5.32 Å². The van der Waals surface area contributed by atoms with E-state index in [-0.39, 0.29) is 5.76 Å². The van der Waals surface area contributed by atoms with E-state index in [1.807, 2.05) is 13.0 Å². The summed E-state index contributed by atoms with van der Waals surface area (Å²) in [6.07, 6.45) is 1.62. The van der Waals surface area contributed by atoms with E-state index in [2.05, 4.69) is 10.3 Å². The van der Waals surface area contributed by atoms with Crippen molar-refractivity contribution < 1.29 is 14.3 Å². The molecule has 0 amide bonds. The predicted molar refractivity (Wildman–Crippen MR) is 67.0 cm³/mol. The maximum atomic E-state index is 10.7. The summed E-state index contributed by atoms with van der Waals surface area (Å²) in [6.45, 7) is 2.25. The molecule has 0 saturated heterocycles. The molecule has 0 aliphatic carbocycles. The van der Waals surface area contributed by atoms with Crippen molar-refractivity contribution in [1.29, 1.82) is 0 Å². The van der Waals surface area contributed by atoms with Crippen LogP contribution in [0.3, 0.4) is 0 Å². The van der Waals surface area contributed by atoms with E-state index in [0.29, 0.717) is 23.1 Å². The molecule has 2 N–H and O–H groups in total. The van der Waals surface area contributed by atoms with Gasteiger partial charge >= 0.3 is 5.97 Å². The first-order valence-corrected chi connectivity index (χ1v) is 5.62. The first kappa shape index (κ1) is 12.4. The molecule has 0 aromatic carbocycles. The summed E-state index contributed by atoms with van der Waals surface area (Å²) in [5.41, 5.74) is 1.67.